The van der Waals surface area contributed by atoms with Gasteiger partial charge in [0.15, 0.2) is 23.0 Å². The Labute approximate surface area is 119 Å². The lowest BCUT2D eigenvalue weighted by atomic mass is 10.2. The summed E-state index contributed by atoms with van der Waals surface area (Å²) < 4.78 is 23.5. The Kier molecular flexibility index (Phi) is 3.47. The van der Waals surface area contributed by atoms with Gasteiger partial charge in [0.05, 0.1) is 0 Å². The van der Waals surface area contributed by atoms with Crippen LogP contribution >= 0.6 is 0 Å². The number of esters is 1. The van der Waals surface area contributed by atoms with Crippen LogP contribution in [0.4, 0.5) is 4.39 Å². The largest absolute Gasteiger partial charge is 0.419 e. The molecule has 0 atom stereocenters. The Balaban J connectivity index is 1.80. The van der Waals surface area contributed by atoms with Gasteiger partial charge in [-0.2, -0.15) is 0 Å². The maximum atomic E-state index is 13.4. The number of aromatic nitrogens is 1. The molecule has 3 aromatic rings. The zero-order valence-corrected chi connectivity index (χ0v) is 10.8. The Morgan fingerprint density at radius 2 is 1.76 bits per heavy atom. The summed E-state index contributed by atoms with van der Waals surface area (Å²) in [7, 11) is 0. The van der Waals surface area contributed by atoms with Gasteiger partial charge in [0.1, 0.15) is 0 Å². The number of benzene rings is 2. The predicted octanol–water partition coefficient (Wildman–Crippen LogP) is 3.70. The van der Waals surface area contributed by atoms with Crippen LogP contribution in [0.15, 0.2) is 65.2 Å². The summed E-state index contributed by atoms with van der Waals surface area (Å²) in [5, 5.41) is 3.65. The number of ether oxygens (including phenoxy) is 1. The lowest BCUT2D eigenvalue weighted by molar-refractivity contribution is 0.0717. The van der Waals surface area contributed by atoms with Crippen molar-refractivity contribution in [2.75, 3.05) is 0 Å². The van der Waals surface area contributed by atoms with E-state index in [1.54, 1.807) is 6.07 Å². The minimum Gasteiger partial charge on any atom is -0.419 e. The zero-order chi connectivity index (χ0) is 14.7. The first-order valence-corrected chi connectivity index (χ1v) is 6.23. The molecular weight excluding hydrogens is 273 g/mol. The van der Waals surface area contributed by atoms with Crippen molar-refractivity contribution in [2.24, 2.45) is 0 Å². The quantitative estimate of drug-likeness (QED) is 0.543. The van der Waals surface area contributed by atoms with Crippen LogP contribution in [0.1, 0.15) is 10.5 Å². The molecule has 5 heteroatoms. The molecule has 0 amide bonds. The summed E-state index contributed by atoms with van der Waals surface area (Å²) in [6, 6.07) is 16.3. The Morgan fingerprint density at radius 1 is 1.05 bits per heavy atom. The third-order valence-corrected chi connectivity index (χ3v) is 2.82. The fraction of sp³-hybridized carbons (Fsp3) is 0. The topological polar surface area (TPSA) is 52.3 Å². The van der Waals surface area contributed by atoms with Crippen molar-refractivity contribution in [2.45, 2.75) is 0 Å². The van der Waals surface area contributed by atoms with E-state index in [0.717, 1.165) is 5.56 Å². The SMILES string of the molecule is O=C(Oc1ccccc1F)c1cc(-c2ccccc2)on1. The molecular formula is C16H10FNO3. The van der Waals surface area contributed by atoms with Crippen LogP contribution in [-0.4, -0.2) is 11.1 Å². The first-order valence-electron chi connectivity index (χ1n) is 6.23. The van der Waals surface area contributed by atoms with Gasteiger partial charge in [0, 0.05) is 11.6 Å². The van der Waals surface area contributed by atoms with Gasteiger partial charge >= 0.3 is 5.97 Å². The molecule has 21 heavy (non-hydrogen) atoms. The lowest BCUT2D eigenvalue weighted by Crippen LogP contribution is -2.09. The average Bonchev–Trinajstić information content (AvgIpc) is 3.00. The van der Waals surface area contributed by atoms with Crippen molar-refractivity contribution < 1.29 is 18.4 Å². The third kappa shape index (κ3) is 2.81. The van der Waals surface area contributed by atoms with Gasteiger partial charge in [-0.1, -0.05) is 47.6 Å². The first kappa shape index (κ1) is 13.1. The number of hydrogen-bond acceptors (Lipinski definition) is 4. The minimum atomic E-state index is -0.772. The Hall–Kier alpha value is -2.95. The fourth-order valence-electron chi connectivity index (χ4n) is 1.79. The number of carbonyl (C=O) groups is 1. The number of carbonyl (C=O) groups excluding carboxylic acids is 1. The number of hydrogen-bond donors (Lipinski definition) is 0. The number of halogens is 1. The molecule has 0 aliphatic rings. The molecule has 1 aromatic heterocycles. The minimum absolute atomic E-state index is 0.0166. The molecule has 104 valence electrons. The molecule has 3 rings (SSSR count). The molecule has 0 N–H and O–H groups in total. The van der Waals surface area contributed by atoms with E-state index in [1.807, 2.05) is 30.3 Å². The van der Waals surface area contributed by atoms with E-state index < -0.39 is 11.8 Å². The highest BCUT2D eigenvalue weighted by Crippen LogP contribution is 2.21. The normalized spacial score (nSPS) is 10.3. The maximum Gasteiger partial charge on any atom is 0.366 e. The van der Waals surface area contributed by atoms with Gasteiger partial charge in [-0.15, -0.1) is 0 Å². The van der Waals surface area contributed by atoms with Crippen molar-refractivity contribution in [3.8, 4) is 17.1 Å². The molecule has 0 saturated carbocycles. The highest BCUT2D eigenvalue weighted by atomic mass is 19.1. The number of nitrogens with zero attached hydrogens (tertiary/aromatic N) is 1. The van der Waals surface area contributed by atoms with E-state index in [1.165, 1.54) is 24.3 Å². The van der Waals surface area contributed by atoms with Gasteiger partial charge in [0.25, 0.3) is 0 Å². The van der Waals surface area contributed by atoms with E-state index >= 15 is 0 Å². The monoisotopic (exact) mass is 283 g/mol. The summed E-state index contributed by atoms with van der Waals surface area (Å²) in [5.41, 5.74) is 0.770. The van der Waals surface area contributed by atoms with E-state index in [9.17, 15) is 9.18 Å². The van der Waals surface area contributed by atoms with E-state index in [0.29, 0.717) is 5.76 Å². The fourth-order valence-corrected chi connectivity index (χ4v) is 1.79. The van der Waals surface area contributed by atoms with E-state index in [2.05, 4.69) is 5.16 Å². The van der Waals surface area contributed by atoms with E-state index in [-0.39, 0.29) is 11.4 Å². The van der Waals surface area contributed by atoms with Crippen LogP contribution in [0.25, 0.3) is 11.3 Å². The van der Waals surface area contributed by atoms with E-state index in [4.69, 9.17) is 9.26 Å². The third-order valence-electron chi connectivity index (χ3n) is 2.82. The molecule has 0 bridgehead atoms. The summed E-state index contributed by atoms with van der Waals surface area (Å²) in [6.45, 7) is 0. The Bertz CT molecular complexity index is 768. The van der Waals surface area contributed by atoms with Crippen LogP contribution in [0.2, 0.25) is 0 Å². The second-order valence-electron chi connectivity index (χ2n) is 4.26. The molecule has 0 fully saturated rings. The molecule has 0 unspecified atom stereocenters. The van der Waals surface area contributed by atoms with Crippen LogP contribution in [0.3, 0.4) is 0 Å². The number of rotatable bonds is 3. The average molecular weight is 283 g/mol. The van der Waals surface area contributed by atoms with Crippen LogP contribution < -0.4 is 4.74 Å². The molecule has 0 aliphatic carbocycles. The molecule has 0 spiro atoms. The predicted molar refractivity (Wildman–Crippen MR) is 73.3 cm³/mol. The number of para-hydroxylation sites is 1. The smallest absolute Gasteiger partial charge is 0.366 e. The van der Waals surface area contributed by atoms with Crippen molar-refractivity contribution >= 4 is 5.97 Å². The van der Waals surface area contributed by atoms with Gasteiger partial charge in [0.2, 0.25) is 0 Å². The second-order valence-corrected chi connectivity index (χ2v) is 4.26. The molecule has 1 heterocycles. The van der Waals surface area contributed by atoms with Crippen molar-refractivity contribution in [3.05, 3.63) is 72.2 Å². The summed E-state index contributed by atoms with van der Waals surface area (Å²) in [5.74, 6) is -1.09. The van der Waals surface area contributed by atoms with Gasteiger partial charge in [-0.05, 0) is 12.1 Å². The zero-order valence-electron chi connectivity index (χ0n) is 10.8. The second kappa shape index (κ2) is 5.58. The molecule has 4 nitrogen and oxygen atoms in total. The van der Waals surface area contributed by atoms with Crippen LogP contribution in [-0.2, 0) is 0 Å². The van der Waals surface area contributed by atoms with Crippen LogP contribution in [0, 0.1) is 5.82 Å². The first-order chi connectivity index (χ1) is 10.2. The molecule has 0 radical (unpaired) electrons. The lowest BCUT2D eigenvalue weighted by Gasteiger charge is -2.01. The highest BCUT2D eigenvalue weighted by Gasteiger charge is 2.17. The molecule has 2 aromatic carbocycles. The van der Waals surface area contributed by atoms with Gasteiger partial charge < -0.3 is 9.26 Å². The van der Waals surface area contributed by atoms with Crippen molar-refractivity contribution in [3.63, 3.8) is 0 Å². The standard InChI is InChI=1S/C16H10FNO3/c17-12-8-4-5-9-14(12)20-16(19)13-10-15(21-18-13)11-6-2-1-3-7-11/h1-10H. The summed E-state index contributed by atoms with van der Waals surface area (Å²) >= 11 is 0. The Morgan fingerprint density at radius 3 is 2.52 bits per heavy atom. The van der Waals surface area contributed by atoms with Crippen molar-refractivity contribution in [1.82, 2.24) is 5.16 Å². The van der Waals surface area contributed by atoms with Crippen molar-refractivity contribution in [1.29, 1.82) is 0 Å². The summed E-state index contributed by atoms with van der Waals surface area (Å²) in [6.07, 6.45) is 0. The highest BCUT2D eigenvalue weighted by molar-refractivity contribution is 5.90. The maximum absolute atomic E-state index is 13.4. The molecule has 0 aliphatic heterocycles. The van der Waals surface area contributed by atoms with Gasteiger partial charge in [-0.3, -0.25) is 0 Å². The molecule has 0 saturated heterocycles. The van der Waals surface area contributed by atoms with Gasteiger partial charge in [-0.25, -0.2) is 9.18 Å². The summed E-state index contributed by atoms with van der Waals surface area (Å²) in [4.78, 5) is 11.9. The van der Waals surface area contributed by atoms with Crippen LogP contribution in [0.5, 0.6) is 5.75 Å².